The van der Waals surface area contributed by atoms with Gasteiger partial charge in [0.15, 0.2) is 11.6 Å². The second kappa shape index (κ2) is 8.58. The van der Waals surface area contributed by atoms with E-state index < -0.39 is 9.85 Å². The van der Waals surface area contributed by atoms with Gasteiger partial charge in [-0.05, 0) is 34.6 Å². The third-order valence-electron chi connectivity index (χ3n) is 4.42. The lowest BCUT2D eigenvalue weighted by molar-refractivity contribution is -0.384. The van der Waals surface area contributed by atoms with Gasteiger partial charge >= 0.3 is 0 Å². The maximum Gasteiger partial charge on any atom is 0.296 e. The second-order valence-electron chi connectivity index (χ2n) is 6.36. The minimum absolute atomic E-state index is 0.0171. The number of ether oxygens (including phenoxy) is 2. The number of anilines is 4. The molecule has 168 valence electrons. The molecule has 0 fully saturated rings. The van der Waals surface area contributed by atoms with Gasteiger partial charge in [0.25, 0.3) is 11.4 Å². The monoisotopic (exact) mass is 454 g/mol. The molecule has 33 heavy (non-hydrogen) atoms. The number of hydrogen-bond acceptors (Lipinski definition) is 13. The van der Waals surface area contributed by atoms with Gasteiger partial charge in [-0.15, -0.1) is 0 Å². The average molecular weight is 454 g/mol. The number of nitro benzene ring substituents is 2. The molecule has 15 nitrogen and oxygen atoms in total. The van der Waals surface area contributed by atoms with E-state index in [1.165, 1.54) is 50.6 Å². The molecule has 0 unspecified atom stereocenters. The summed E-state index contributed by atoms with van der Waals surface area (Å²) in [6.07, 6.45) is 0. The highest BCUT2D eigenvalue weighted by Gasteiger charge is 2.22. The lowest BCUT2D eigenvalue weighted by atomic mass is 10.2. The quantitative estimate of drug-likeness (QED) is 0.291. The van der Waals surface area contributed by atoms with Crippen LogP contribution in [0, 0.1) is 20.2 Å². The van der Waals surface area contributed by atoms with E-state index in [2.05, 4.69) is 35.5 Å². The standard InChI is InChI=1S/C18H14N8O7/c1-31-9-3-5-11(13(7-9)25(27)28)19-15-16(22-18-17(21-15)23-33-24-18)20-12-6-4-10(32-2)8-14(12)26(29)30/h3-8H,1-2H3,(H,19,21,23)(H,20,22,24). The molecule has 0 amide bonds. The van der Waals surface area contributed by atoms with Gasteiger partial charge in [-0.1, -0.05) is 0 Å². The van der Waals surface area contributed by atoms with Gasteiger partial charge in [-0.3, -0.25) is 20.2 Å². The largest absolute Gasteiger partial charge is 0.496 e. The summed E-state index contributed by atoms with van der Waals surface area (Å²) >= 11 is 0. The summed E-state index contributed by atoms with van der Waals surface area (Å²) in [5, 5.41) is 35.9. The van der Waals surface area contributed by atoms with Gasteiger partial charge in [-0.2, -0.15) is 0 Å². The van der Waals surface area contributed by atoms with Crippen molar-refractivity contribution in [1.82, 2.24) is 20.3 Å². The molecule has 0 bridgehead atoms. The van der Waals surface area contributed by atoms with Crippen molar-refractivity contribution in [3.63, 3.8) is 0 Å². The number of benzene rings is 2. The summed E-state index contributed by atoms with van der Waals surface area (Å²) in [5.41, 5.74) is -0.421. The number of fused-ring (bicyclic) bond motifs is 1. The zero-order valence-electron chi connectivity index (χ0n) is 17.0. The molecule has 0 aliphatic carbocycles. The highest BCUT2D eigenvalue weighted by molar-refractivity contribution is 5.83. The number of nitro groups is 2. The van der Waals surface area contributed by atoms with Crippen LogP contribution in [0.25, 0.3) is 11.3 Å². The summed E-state index contributed by atoms with van der Waals surface area (Å²) in [6, 6.07) is 8.33. The van der Waals surface area contributed by atoms with Gasteiger partial charge in [-0.25, -0.2) is 14.6 Å². The maximum atomic E-state index is 11.5. The topological polar surface area (TPSA) is 194 Å². The SMILES string of the molecule is COc1ccc(Nc2nc3nonc3nc2Nc2ccc(OC)cc2[N+](=O)[O-])c([N+](=O)[O-])c1. The summed E-state index contributed by atoms with van der Waals surface area (Å²) in [5.74, 6) is 0.525. The van der Waals surface area contributed by atoms with Crippen molar-refractivity contribution in [1.29, 1.82) is 0 Å². The first-order valence-corrected chi connectivity index (χ1v) is 9.09. The van der Waals surface area contributed by atoms with Crippen molar-refractivity contribution in [2.45, 2.75) is 0 Å². The number of methoxy groups -OCH3 is 2. The molecule has 2 N–H and O–H groups in total. The van der Waals surface area contributed by atoms with Crippen LogP contribution in [0.4, 0.5) is 34.4 Å². The average Bonchev–Trinajstić information content (AvgIpc) is 3.26. The minimum Gasteiger partial charge on any atom is -0.496 e. The minimum atomic E-state index is -0.601. The van der Waals surface area contributed by atoms with Gasteiger partial charge < -0.3 is 20.1 Å². The lowest BCUT2D eigenvalue weighted by Crippen LogP contribution is -2.06. The van der Waals surface area contributed by atoms with E-state index in [0.29, 0.717) is 0 Å². The van der Waals surface area contributed by atoms with Gasteiger partial charge in [0.1, 0.15) is 22.9 Å². The van der Waals surface area contributed by atoms with E-state index in [1.807, 2.05) is 0 Å². The zero-order chi connectivity index (χ0) is 23.5. The molecule has 15 heteroatoms. The molecule has 2 heterocycles. The number of rotatable bonds is 8. The zero-order valence-corrected chi connectivity index (χ0v) is 17.0. The van der Waals surface area contributed by atoms with Crippen LogP contribution in [0.1, 0.15) is 0 Å². The molecule has 0 aliphatic heterocycles. The van der Waals surface area contributed by atoms with Crippen molar-refractivity contribution in [2.24, 2.45) is 0 Å². The summed E-state index contributed by atoms with van der Waals surface area (Å²) in [7, 11) is 2.76. The molecule has 0 saturated carbocycles. The Hall–Kier alpha value is -5.08. The Kier molecular flexibility index (Phi) is 5.50. The van der Waals surface area contributed by atoms with Crippen LogP contribution < -0.4 is 20.1 Å². The summed E-state index contributed by atoms with van der Waals surface area (Å²) in [4.78, 5) is 30.3. The third-order valence-corrected chi connectivity index (χ3v) is 4.42. The van der Waals surface area contributed by atoms with Crippen LogP contribution in [0.3, 0.4) is 0 Å². The maximum absolute atomic E-state index is 11.5. The van der Waals surface area contributed by atoms with E-state index in [-0.39, 0.29) is 57.2 Å². The number of aromatic nitrogens is 4. The smallest absolute Gasteiger partial charge is 0.296 e. The molecule has 0 atom stereocenters. The molecule has 4 rings (SSSR count). The first-order valence-electron chi connectivity index (χ1n) is 9.09. The highest BCUT2D eigenvalue weighted by Crippen LogP contribution is 2.36. The summed E-state index contributed by atoms with van der Waals surface area (Å²) < 4.78 is 14.7. The fourth-order valence-corrected chi connectivity index (χ4v) is 2.86. The van der Waals surface area contributed by atoms with Crippen LogP contribution in [0.15, 0.2) is 41.0 Å². The number of hydrogen-bond donors (Lipinski definition) is 2. The van der Waals surface area contributed by atoms with Crippen molar-refractivity contribution in [3.8, 4) is 11.5 Å². The molecular formula is C18H14N8O7. The first kappa shape index (κ1) is 21.2. The normalized spacial score (nSPS) is 10.6. The Labute approximate surface area is 183 Å². The van der Waals surface area contributed by atoms with Crippen molar-refractivity contribution < 1.29 is 23.9 Å². The van der Waals surface area contributed by atoms with Crippen molar-refractivity contribution in [2.75, 3.05) is 24.9 Å². The fourth-order valence-electron chi connectivity index (χ4n) is 2.86. The van der Waals surface area contributed by atoms with E-state index in [1.54, 1.807) is 0 Å². The molecule has 0 saturated heterocycles. The van der Waals surface area contributed by atoms with Crippen LogP contribution in [0.2, 0.25) is 0 Å². The van der Waals surface area contributed by atoms with Crippen LogP contribution in [-0.4, -0.2) is 44.3 Å². The second-order valence-corrected chi connectivity index (χ2v) is 6.36. The van der Waals surface area contributed by atoms with E-state index >= 15 is 0 Å². The van der Waals surface area contributed by atoms with E-state index in [9.17, 15) is 20.2 Å². The van der Waals surface area contributed by atoms with Gasteiger partial charge in [0.2, 0.25) is 11.3 Å². The highest BCUT2D eigenvalue weighted by atomic mass is 16.6. The Morgan fingerprint density at radius 1 is 0.788 bits per heavy atom. The van der Waals surface area contributed by atoms with Crippen molar-refractivity contribution in [3.05, 3.63) is 56.6 Å². The molecular weight excluding hydrogens is 440 g/mol. The van der Waals surface area contributed by atoms with Crippen LogP contribution in [-0.2, 0) is 0 Å². The molecule has 4 aromatic rings. The number of nitrogens with zero attached hydrogens (tertiary/aromatic N) is 6. The molecule has 2 aromatic heterocycles. The fraction of sp³-hybridized carbons (Fsp3) is 0.111. The van der Waals surface area contributed by atoms with Crippen LogP contribution >= 0.6 is 0 Å². The van der Waals surface area contributed by atoms with Gasteiger partial charge in [0.05, 0.1) is 36.2 Å². The Morgan fingerprint density at radius 3 is 1.58 bits per heavy atom. The van der Waals surface area contributed by atoms with E-state index in [0.717, 1.165) is 0 Å². The lowest BCUT2D eigenvalue weighted by Gasteiger charge is -2.13. The first-order chi connectivity index (χ1) is 15.9. The van der Waals surface area contributed by atoms with Crippen LogP contribution in [0.5, 0.6) is 11.5 Å². The van der Waals surface area contributed by atoms with E-state index in [4.69, 9.17) is 9.47 Å². The Balaban J connectivity index is 1.80. The molecule has 0 aliphatic rings. The molecule has 0 radical (unpaired) electrons. The Bertz CT molecular complexity index is 1270. The predicted octanol–water partition coefficient (Wildman–Crippen LogP) is 3.33. The Morgan fingerprint density at radius 2 is 1.21 bits per heavy atom. The third kappa shape index (κ3) is 4.22. The molecule has 0 spiro atoms. The van der Waals surface area contributed by atoms with Crippen molar-refractivity contribution >= 4 is 45.7 Å². The van der Waals surface area contributed by atoms with Gasteiger partial charge in [0, 0.05) is 0 Å². The predicted molar refractivity (Wildman–Crippen MR) is 113 cm³/mol. The molecule has 2 aromatic carbocycles. The summed E-state index contributed by atoms with van der Waals surface area (Å²) in [6.45, 7) is 0. The number of nitrogens with one attached hydrogen (secondary N) is 2.